The van der Waals surface area contributed by atoms with Crippen LogP contribution in [0.15, 0.2) is 36.4 Å². The molecule has 3 rings (SSSR count). The number of hydrogen-bond acceptors (Lipinski definition) is 5. The fourth-order valence-corrected chi connectivity index (χ4v) is 4.63. The summed E-state index contributed by atoms with van der Waals surface area (Å²) in [4.78, 5) is 12.2. The Bertz CT molecular complexity index is 997. The highest BCUT2D eigenvalue weighted by molar-refractivity contribution is 5.95. The number of rotatable bonds is 13. The third-order valence-electron chi connectivity index (χ3n) is 6.11. The minimum atomic E-state index is -4.42. The molecule has 0 saturated carbocycles. The van der Waals surface area contributed by atoms with E-state index in [-0.39, 0.29) is 36.7 Å². The maximum Gasteiger partial charge on any atom is 0.422 e. The van der Waals surface area contributed by atoms with Crippen molar-refractivity contribution >= 4 is 5.91 Å². The number of hydrogen-bond donors (Lipinski definition) is 3. The number of alkyl halides is 3. The van der Waals surface area contributed by atoms with Gasteiger partial charge >= 0.3 is 6.18 Å². The molecule has 0 heterocycles. The lowest BCUT2D eigenvalue weighted by Gasteiger charge is -2.18. The van der Waals surface area contributed by atoms with Crippen molar-refractivity contribution < 1.29 is 32.5 Å². The van der Waals surface area contributed by atoms with Gasteiger partial charge in [-0.15, -0.1) is 0 Å². The van der Waals surface area contributed by atoms with Crippen LogP contribution in [0, 0.1) is 0 Å². The van der Waals surface area contributed by atoms with Crippen LogP contribution < -0.4 is 20.5 Å². The van der Waals surface area contributed by atoms with E-state index in [1.807, 2.05) is 13.0 Å². The minimum Gasteiger partial charge on any atom is -0.488 e. The van der Waals surface area contributed by atoms with Gasteiger partial charge < -0.3 is 25.6 Å². The molecule has 0 spiro atoms. The number of ether oxygens (including phenoxy) is 2. The monoisotopic (exact) mass is 494 g/mol. The summed E-state index contributed by atoms with van der Waals surface area (Å²) in [6, 6.07) is 10.4. The Morgan fingerprint density at radius 2 is 1.94 bits per heavy atom. The number of para-hydroxylation sites is 2. The van der Waals surface area contributed by atoms with Gasteiger partial charge in [0.05, 0.1) is 0 Å². The number of primary amides is 1. The Balaban J connectivity index is 1.53. The molecule has 2 aromatic carbocycles. The van der Waals surface area contributed by atoms with Crippen molar-refractivity contribution in [3.63, 3.8) is 0 Å². The second kappa shape index (κ2) is 12.3. The van der Waals surface area contributed by atoms with E-state index in [0.717, 1.165) is 36.0 Å². The second-order valence-corrected chi connectivity index (χ2v) is 8.94. The summed E-state index contributed by atoms with van der Waals surface area (Å²) in [5.74, 6) is 0.128. The van der Waals surface area contributed by atoms with E-state index in [1.54, 1.807) is 18.2 Å². The standard InChI is InChI=1S/C26H33F3N2O4/c1-17(31-10-12-34-22-6-2-3-7-23(22)35-16-26(27,28)29)13-18-14-20-9-8-19(5-4-11-32)24(20)21(15-18)25(30)33/h2-3,6-7,14-15,17,19,31-32H,4-5,8-13,16H2,1H3,(H2,30,33)/t17-,19?/m1/s1. The van der Waals surface area contributed by atoms with Gasteiger partial charge in [0.1, 0.15) is 6.61 Å². The zero-order chi connectivity index (χ0) is 25.4. The van der Waals surface area contributed by atoms with Gasteiger partial charge in [0.25, 0.3) is 0 Å². The number of amides is 1. The maximum atomic E-state index is 12.4. The normalized spacial score (nSPS) is 16.1. The Kier molecular flexibility index (Phi) is 9.40. The van der Waals surface area contributed by atoms with Crippen LogP contribution in [0.3, 0.4) is 0 Å². The van der Waals surface area contributed by atoms with E-state index in [1.165, 1.54) is 6.07 Å². The minimum absolute atomic E-state index is 0.0484. The molecule has 0 radical (unpaired) electrons. The molecule has 35 heavy (non-hydrogen) atoms. The molecule has 0 saturated heterocycles. The molecule has 4 N–H and O–H groups in total. The van der Waals surface area contributed by atoms with Crippen molar-refractivity contribution in [1.29, 1.82) is 0 Å². The van der Waals surface area contributed by atoms with Crippen LogP contribution in [0.5, 0.6) is 11.5 Å². The number of benzene rings is 2. The van der Waals surface area contributed by atoms with Crippen LogP contribution in [0.2, 0.25) is 0 Å². The first-order valence-electron chi connectivity index (χ1n) is 11.9. The number of carbonyl (C=O) groups is 1. The SMILES string of the molecule is C[C@H](Cc1cc2c(c(C(N)=O)c1)C(CCCO)CC2)NCCOc1ccccc1OCC(F)(F)F. The number of nitrogens with two attached hydrogens (primary N) is 1. The molecule has 2 atom stereocenters. The van der Waals surface area contributed by atoms with Crippen molar-refractivity contribution in [2.75, 3.05) is 26.4 Å². The second-order valence-electron chi connectivity index (χ2n) is 8.94. The van der Waals surface area contributed by atoms with Crippen LogP contribution in [0.25, 0.3) is 0 Å². The predicted molar refractivity (Wildman–Crippen MR) is 127 cm³/mol. The number of nitrogens with one attached hydrogen (secondary N) is 1. The molecule has 1 amide bonds. The fourth-order valence-electron chi connectivity index (χ4n) is 4.63. The highest BCUT2D eigenvalue weighted by Crippen LogP contribution is 2.39. The number of fused-ring (bicyclic) bond motifs is 1. The summed E-state index contributed by atoms with van der Waals surface area (Å²) in [5.41, 5.74) is 9.48. The van der Waals surface area contributed by atoms with Crippen LogP contribution in [-0.4, -0.2) is 49.6 Å². The smallest absolute Gasteiger partial charge is 0.422 e. The number of aliphatic hydroxyl groups excluding tert-OH is 1. The molecule has 1 aliphatic carbocycles. The van der Waals surface area contributed by atoms with Gasteiger partial charge in [-0.25, -0.2) is 0 Å². The summed E-state index contributed by atoms with van der Waals surface area (Å²) in [6.07, 6.45) is -0.350. The predicted octanol–water partition coefficient (Wildman–Crippen LogP) is 4.13. The summed E-state index contributed by atoms with van der Waals surface area (Å²) < 4.78 is 47.8. The Morgan fingerprint density at radius 1 is 1.23 bits per heavy atom. The quantitative estimate of drug-likeness (QED) is 0.364. The Hall–Kier alpha value is -2.78. The van der Waals surface area contributed by atoms with E-state index in [9.17, 15) is 18.0 Å². The largest absolute Gasteiger partial charge is 0.488 e. The van der Waals surface area contributed by atoms with Gasteiger partial charge in [-0.3, -0.25) is 4.79 Å². The molecule has 0 fully saturated rings. The molecule has 6 nitrogen and oxygen atoms in total. The molecule has 0 bridgehead atoms. The van der Waals surface area contributed by atoms with Crippen molar-refractivity contribution in [2.24, 2.45) is 5.73 Å². The zero-order valence-electron chi connectivity index (χ0n) is 19.9. The van der Waals surface area contributed by atoms with Gasteiger partial charge in [-0.05, 0) is 79.8 Å². The Labute approximate surface area is 203 Å². The Morgan fingerprint density at radius 3 is 2.60 bits per heavy atom. The summed E-state index contributed by atoms with van der Waals surface area (Å²) in [6.45, 7) is 1.50. The van der Waals surface area contributed by atoms with E-state index >= 15 is 0 Å². The molecule has 2 aromatic rings. The van der Waals surface area contributed by atoms with Crippen LogP contribution >= 0.6 is 0 Å². The van der Waals surface area contributed by atoms with Gasteiger partial charge in [0.2, 0.25) is 5.91 Å². The van der Waals surface area contributed by atoms with E-state index in [2.05, 4.69) is 11.4 Å². The fraction of sp³-hybridized carbons (Fsp3) is 0.500. The summed E-state index contributed by atoms with van der Waals surface area (Å²) in [5, 5.41) is 12.5. The maximum absolute atomic E-state index is 12.4. The number of aryl methyl sites for hydroxylation is 1. The van der Waals surface area contributed by atoms with Gasteiger partial charge in [0, 0.05) is 24.8 Å². The lowest BCUT2D eigenvalue weighted by molar-refractivity contribution is -0.153. The third kappa shape index (κ3) is 7.86. The lowest BCUT2D eigenvalue weighted by atomic mass is 9.89. The van der Waals surface area contributed by atoms with Gasteiger partial charge in [-0.1, -0.05) is 18.2 Å². The lowest BCUT2D eigenvalue weighted by Crippen LogP contribution is -2.32. The summed E-state index contributed by atoms with van der Waals surface area (Å²) in [7, 11) is 0. The van der Waals surface area contributed by atoms with Crippen molar-refractivity contribution in [3.05, 3.63) is 58.7 Å². The number of halogens is 3. The third-order valence-corrected chi connectivity index (χ3v) is 6.11. The molecule has 0 aliphatic heterocycles. The molecule has 1 aliphatic rings. The van der Waals surface area contributed by atoms with E-state index in [4.69, 9.17) is 20.3 Å². The van der Waals surface area contributed by atoms with Crippen molar-refractivity contribution in [2.45, 2.75) is 57.2 Å². The topological polar surface area (TPSA) is 93.8 Å². The highest BCUT2D eigenvalue weighted by Gasteiger charge is 2.29. The van der Waals surface area contributed by atoms with Crippen LogP contribution in [0.4, 0.5) is 13.2 Å². The van der Waals surface area contributed by atoms with Crippen molar-refractivity contribution in [3.8, 4) is 11.5 Å². The summed E-state index contributed by atoms with van der Waals surface area (Å²) >= 11 is 0. The average Bonchev–Trinajstić information content (AvgIpc) is 3.21. The zero-order valence-corrected chi connectivity index (χ0v) is 19.9. The molecular weight excluding hydrogens is 461 g/mol. The van der Waals surface area contributed by atoms with E-state index < -0.39 is 18.7 Å². The molecule has 1 unspecified atom stereocenters. The molecule has 0 aromatic heterocycles. The number of carbonyl (C=O) groups excluding carboxylic acids is 1. The highest BCUT2D eigenvalue weighted by atomic mass is 19.4. The molecule has 192 valence electrons. The van der Waals surface area contributed by atoms with E-state index in [0.29, 0.717) is 24.9 Å². The first-order valence-corrected chi connectivity index (χ1v) is 11.9. The first-order chi connectivity index (χ1) is 16.7. The average molecular weight is 495 g/mol. The number of aliphatic hydroxyl groups is 1. The van der Waals surface area contributed by atoms with Gasteiger partial charge in [0.15, 0.2) is 18.1 Å². The molecular formula is C26H33F3N2O4. The van der Waals surface area contributed by atoms with Gasteiger partial charge in [-0.2, -0.15) is 13.2 Å². The first kappa shape index (κ1) is 26.8. The van der Waals surface area contributed by atoms with Crippen LogP contribution in [0.1, 0.15) is 59.2 Å². The van der Waals surface area contributed by atoms with Crippen molar-refractivity contribution in [1.82, 2.24) is 5.32 Å². The molecule has 9 heteroatoms. The van der Waals surface area contributed by atoms with Crippen LogP contribution in [-0.2, 0) is 12.8 Å².